The van der Waals surface area contributed by atoms with Crippen LogP contribution in [0.2, 0.25) is 0 Å². The van der Waals surface area contributed by atoms with Crippen LogP contribution >= 0.6 is 0 Å². The highest BCUT2D eigenvalue weighted by Crippen LogP contribution is 2.56. The normalized spacial score (nSPS) is 18.1. The Kier molecular flexibility index (Phi) is 5.49. The molecule has 1 N–H and O–H groups in total. The van der Waals surface area contributed by atoms with Crippen molar-refractivity contribution in [1.29, 1.82) is 0 Å². The third-order valence-corrected chi connectivity index (χ3v) is 6.46. The molecule has 12 heteroatoms. The minimum Gasteiger partial charge on any atom is -0.478 e. The van der Waals surface area contributed by atoms with Gasteiger partial charge in [-0.15, -0.1) is 0 Å². The molecule has 1 spiro atoms. The third-order valence-electron chi connectivity index (χ3n) is 6.46. The number of carbonyl (C=O) groups is 2. The molecule has 1 unspecified atom stereocenters. The third kappa shape index (κ3) is 4.38. The highest BCUT2D eigenvalue weighted by atomic mass is 16.6. The number of methoxy groups -OCH3 is 1. The summed E-state index contributed by atoms with van der Waals surface area (Å²) in [5, 5.41) is 2.73. The van der Waals surface area contributed by atoms with Crippen LogP contribution in [0.3, 0.4) is 0 Å². The molecule has 36 heavy (non-hydrogen) atoms. The average Bonchev–Trinajstić information content (AvgIpc) is 3.43. The van der Waals surface area contributed by atoms with Crippen LogP contribution in [0, 0.1) is 12.3 Å². The molecule has 0 aromatic carbocycles. The molecule has 0 radical (unpaired) electrons. The van der Waals surface area contributed by atoms with Crippen LogP contribution in [0.5, 0.6) is 5.88 Å². The number of nitrogens with one attached hydrogen (secondary N) is 1. The number of anilines is 2. The van der Waals surface area contributed by atoms with Crippen molar-refractivity contribution >= 4 is 29.3 Å². The van der Waals surface area contributed by atoms with Gasteiger partial charge < -0.3 is 24.6 Å². The van der Waals surface area contributed by atoms with E-state index in [0.717, 1.165) is 25.2 Å². The van der Waals surface area contributed by atoms with Gasteiger partial charge in [0, 0.05) is 37.8 Å². The molecule has 1 saturated heterocycles. The van der Waals surface area contributed by atoms with E-state index in [1.54, 1.807) is 28.7 Å². The Balaban J connectivity index is 1.19. The molecule has 5 rings (SSSR count). The lowest BCUT2D eigenvalue weighted by Crippen LogP contribution is -2.53. The number of aromatic nitrogens is 5. The molecule has 1 aliphatic carbocycles. The molecule has 2 amide bonds. The lowest BCUT2D eigenvalue weighted by atomic mass is 9.95. The first-order valence-corrected chi connectivity index (χ1v) is 11.7. The Morgan fingerprint density at radius 2 is 1.92 bits per heavy atom. The lowest BCUT2D eigenvalue weighted by molar-refractivity contribution is 0.0254. The first-order valence-electron chi connectivity index (χ1n) is 11.7. The van der Waals surface area contributed by atoms with E-state index in [1.807, 2.05) is 33.9 Å². The summed E-state index contributed by atoms with van der Waals surface area (Å²) >= 11 is 0. The second-order valence-electron chi connectivity index (χ2n) is 10.5. The fraction of sp³-hybridized carbons (Fsp3) is 0.500. The molecule has 12 nitrogen and oxygen atoms in total. The lowest BCUT2D eigenvalue weighted by Gasteiger charge is -2.42. The summed E-state index contributed by atoms with van der Waals surface area (Å²) in [7, 11) is 3.29. The zero-order valence-electron chi connectivity index (χ0n) is 21.3. The summed E-state index contributed by atoms with van der Waals surface area (Å²) in [6.07, 6.45) is 7.16. The van der Waals surface area contributed by atoms with Crippen LogP contribution in [-0.2, 0) is 4.74 Å². The van der Waals surface area contributed by atoms with Crippen LogP contribution in [0.1, 0.15) is 43.4 Å². The Morgan fingerprint density at radius 3 is 2.56 bits per heavy atom. The molecule has 3 aromatic heterocycles. The highest BCUT2D eigenvalue weighted by Gasteiger charge is 2.64. The molecular weight excluding hydrogens is 464 g/mol. The Hall–Kier alpha value is -3.96. The van der Waals surface area contributed by atoms with Gasteiger partial charge in [0.15, 0.2) is 5.82 Å². The highest BCUT2D eigenvalue weighted by molar-refractivity contribution is 6.02. The van der Waals surface area contributed by atoms with E-state index in [0.29, 0.717) is 23.2 Å². The largest absolute Gasteiger partial charge is 0.478 e. The molecule has 4 heterocycles. The average molecular weight is 495 g/mol. The number of ether oxygens (including phenoxy) is 2. The number of carbonyl (C=O) groups excluding carboxylic acids is 2. The molecule has 1 saturated carbocycles. The molecular formula is C24H30N8O4. The number of hydrogen-bond acceptors (Lipinski definition) is 9. The summed E-state index contributed by atoms with van der Waals surface area (Å²) in [6.45, 7) is 9.01. The van der Waals surface area contributed by atoms with E-state index in [1.165, 1.54) is 13.3 Å². The summed E-state index contributed by atoms with van der Waals surface area (Å²) < 4.78 is 12.5. The van der Waals surface area contributed by atoms with Crippen LogP contribution in [0.4, 0.5) is 16.4 Å². The van der Waals surface area contributed by atoms with Crippen molar-refractivity contribution in [2.75, 3.05) is 37.5 Å². The van der Waals surface area contributed by atoms with E-state index in [9.17, 15) is 9.59 Å². The number of amides is 2. The quantitative estimate of drug-likeness (QED) is 0.569. The van der Waals surface area contributed by atoms with Gasteiger partial charge in [0.25, 0.3) is 11.8 Å². The molecule has 3 aromatic rings. The standard InChI is InChI=1S/C24H30N8O4/c1-14-10-31-11-17(29-21(35-6)19(31)27-14)28-20(33)15-8-26-18(9-25-15)32-12-24(13-32)7-16(24)30(5)22(34)36-23(2,3)4/h8-11,16H,7,12-13H2,1-6H3,(H,28,33). The first-order chi connectivity index (χ1) is 17.0. The van der Waals surface area contributed by atoms with Gasteiger partial charge in [-0.1, -0.05) is 0 Å². The van der Waals surface area contributed by atoms with Gasteiger partial charge in [-0.05, 0) is 34.1 Å². The molecule has 2 fully saturated rings. The van der Waals surface area contributed by atoms with Gasteiger partial charge >= 0.3 is 6.09 Å². The van der Waals surface area contributed by atoms with E-state index < -0.39 is 11.5 Å². The SMILES string of the molecule is COc1nc(NC(=O)c2cnc(N3CC4(CC4N(C)C(=O)OC(C)(C)C)C3)cn2)cn2cc(C)nc12. The number of imidazole rings is 1. The summed E-state index contributed by atoms with van der Waals surface area (Å²) in [4.78, 5) is 46.3. The first kappa shape index (κ1) is 23.8. The topological polar surface area (TPSA) is 127 Å². The number of aryl methyl sites for hydroxylation is 1. The predicted octanol–water partition coefficient (Wildman–Crippen LogP) is 2.53. The second kappa shape index (κ2) is 8.32. The molecule has 0 bridgehead atoms. The van der Waals surface area contributed by atoms with E-state index in [4.69, 9.17) is 9.47 Å². The van der Waals surface area contributed by atoms with Crippen molar-refractivity contribution < 1.29 is 19.1 Å². The Labute approximate surface area is 208 Å². The maximum atomic E-state index is 12.7. The van der Waals surface area contributed by atoms with Gasteiger partial charge in [0.2, 0.25) is 5.65 Å². The number of nitrogens with zero attached hydrogens (tertiary/aromatic N) is 7. The smallest absolute Gasteiger partial charge is 0.410 e. The Bertz CT molecular complexity index is 1320. The number of hydrogen-bond donors (Lipinski definition) is 1. The van der Waals surface area contributed by atoms with Gasteiger partial charge in [0.1, 0.15) is 17.1 Å². The van der Waals surface area contributed by atoms with Crippen molar-refractivity contribution in [2.45, 2.75) is 45.8 Å². The molecule has 1 aliphatic heterocycles. The maximum Gasteiger partial charge on any atom is 0.410 e. The van der Waals surface area contributed by atoms with Crippen molar-refractivity contribution in [2.24, 2.45) is 5.41 Å². The predicted molar refractivity (Wildman–Crippen MR) is 131 cm³/mol. The van der Waals surface area contributed by atoms with Crippen molar-refractivity contribution in [1.82, 2.24) is 29.2 Å². The molecule has 1 atom stereocenters. The minimum absolute atomic E-state index is 0.0679. The van der Waals surface area contributed by atoms with Crippen LogP contribution < -0.4 is 15.0 Å². The minimum atomic E-state index is -0.518. The summed E-state index contributed by atoms with van der Waals surface area (Å²) in [5.41, 5.74) is 1.10. The van der Waals surface area contributed by atoms with Crippen LogP contribution in [0.15, 0.2) is 24.8 Å². The number of fused-ring (bicyclic) bond motifs is 1. The van der Waals surface area contributed by atoms with E-state index in [2.05, 4.69) is 30.2 Å². The van der Waals surface area contributed by atoms with Crippen LogP contribution in [0.25, 0.3) is 5.65 Å². The van der Waals surface area contributed by atoms with Crippen molar-refractivity contribution in [3.05, 3.63) is 36.2 Å². The van der Waals surface area contributed by atoms with Crippen LogP contribution in [-0.4, -0.2) is 80.1 Å². The second-order valence-corrected chi connectivity index (χ2v) is 10.5. The van der Waals surface area contributed by atoms with Gasteiger partial charge in [-0.3, -0.25) is 9.20 Å². The molecule has 2 aliphatic rings. The Morgan fingerprint density at radius 1 is 1.17 bits per heavy atom. The molecule has 190 valence electrons. The number of rotatable bonds is 5. The zero-order valence-corrected chi connectivity index (χ0v) is 21.3. The fourth-order valence-electron chi connectivity index (χ4n) is 4.62. The summed E-state index contributed by atoms with van der Waals surface area (Å²) in [5.74, 6) is 0.884. The van der Waals surface area contributed by atoms with Gasteiger partial charge in [0.05, 0.1) is 31.4 Å². The van der Waals surface area contributed by atoms with Crippen molar-refractivity contribution in [3.63, 3.8) is 0 Å². The maximum absolute atomic E-state index is 12.7. The van der Waals surface area contributed by atoms with E-state index in [-0.39, 0.29) is 23.2 Å². The van der Waals surface area contributed by atoms with E-state index >= 15 is 0 Å². The van der Waals surface area contributed by atoms with Gasteiger partial charge in [-0.25, -0.2) is 19.7 Å². The summed E-state index contributed by atoms with van der Waals surface area (Å²) in [6, 6.07) is 0.155. The zero-order chi connectivity index (χ0) is 25.8. The van der Waals surface area contributed by atoms with Gasteiger partial charge in [-0.2, -0.15) is 4.98 Å². The monoisotopic (exact) mass is 494 g/mol. The fourth-order valence-corrected chi connectivity index (χ4v) is 4.62. The van der Waals surface area contributed by atoms with Crippen molar-refractivity contribution in [3.8, 4) is 5.88 Å².